The predicted octanol–water partition coefficient (Wildman–Crippen LogP) is 0.119. The Balaban J connectivity index is 1.82. The van der Waals surface area contributed by atoms with Crippen molar-refractivity contribution in [3.8, 4) is 0 Å². The van der Waals surface area contributed by atoms with Crippen LogP contribution in [0.15, 0.2) is 6.33 Å². The Morgan fingerprint density at radius 1 is 1.69 bits per heavy atom. The second-order valence-corrected chi connectivity index (χ2v) is 4.37. The van der Waals surface area contributed by atoms with Gasteiger partial charge in [0.2, 0.25) is 11.9 Å². The number of carbonyl (C=O) groups is 1. The molecule has 1 amide bonds. The molecular formula is C10H17N5O. The van der Waals surface area contributed by atoms with Crippen molar-refractivity contribution >= 4 is 11.9 Å². The third-order valence-corrected chi connectivity index (χ3v) is 3.03. The molecule has 0 aliphatic heterocycles. The highest BCUT2D eigenvalue weighted by Crippen LogP contribution is 2.26. The first kappa shape index (κ1) is 10.9. The summed E-state index contributed by atoms with van der Waals surface area (Å²) in [4.78, 5) is 17.3. The summed E-state index contributed by atoms with van der Waals surface area (Å²) in [6.07, 6.45) is 5.26. The van der Waals surface area contributed by atoms with E-state index in [2.05, 4.69) is 10.1 Å². The molecule has 0 aromatic carbocycles. The first-order valence-corrected chi connectivity index (χ1v) is 5.54. The average Bonchev–Trinajstić information content (AvgIpc) is 2.57. The lowest BCUT2D eigenvalue weighted by atomic mass is 9.85. The molecule has 2 rings (SSSR count). The Morgan fingerprint density at radius 2 is 2.44 bits per heavy atom. The van der Waals surface area contributed by atoms with Gasteiger partial charge in [0.1, 0.15) is 12.9 Å². The molecule has 1 saturated carbocycles. The zero-order chi connectivity index (χ0) is 11.5. The lowest BCUT2D eigenvalue weighted by Gasteiger charge is -2.30. The van der Waals surface area contributed by atoms with Crippen LogP contribution in [0.2, 0.25) is 0 Å². The number of likely N-dealkylation sites (N-methyl/N-ethyl adjacent to an activating group) is 1. The van der Waals surface area contributed by atoms with Crippen molar-refractivity contribution in [2.75, 3.05) is 19.3 Å². The van der Waals surface area contributed by atoms with Crippen LogP contribution >= 0.6 is 0 Å². The van der Waals surface area contributed by atoms with Crippen LogP contribution in [0.25, 0.3) is 0 Å². The summed E-state index contributed by atoms with van der Waals surface area (Å²) >= 11 is 0. The monoisotopic (exact) mass is 223 g/mol. The molecule has 0 atom stereocenters. The average molecular weight is 223 g/mol. The molecule has 0 spiro atoms. The first-order chi connectivity index (χ1) is 7.65. The van der Waals surface area contributed by atoms with Gasteiger partial charge in [0.15, 0.2) is 0 Å². The molecule has 1 aliphatic carbocycles. The predicted molar refractivity (Wildman–Crippen MR) is 59.4 cm³/mol. The number of aromatic nitrogens is 3. The van der Waals surface area contributed by atoms with Crippen molar-refractivity contribution < 1.29 is 4.79 Å². The molecule has 16 heavy (non-hydrogen) atoms. The molecule has 1 heterocycles. The Hall–Kier alpha value is -1.59. The number of amides is 1. The van der Waals surface area contributed by atoms with E-state index in [0.29, 0.717) is 5.92 Å². The summed E-state index contributed by atoms with van der Waals surface area (Å²) in [5.74, 6) is 0.945. The summed E-state index contributed by atoms with van der Waals surface area (Å²) in [6, 6.07) is 0. The fourth-order valence-electron chi connectivity index (χ4n) is 1.81. The van der Waals surface area contributed by atoms with Crippen LogP contribution in [0.3, 0.4) is 0 Å². The van der Waals surface area contributed by atoms with E-state index in [1.165, 1.54) is 30.3 Å². The van der Waals surface area contributed by atoms with Gasteiger partial charge in [-0.2, -0.15) is 0 Å². The molecule has 2 N–H and O–H groups in total. The van der Waals surface area contributed by atoms with Crippen molar-refractivity contribution in [3.05, 3.63) is 6.33 Å². The normalized spacial score (nSPS) is 15.8. The maximum absolute atomic E-state index is 11.8. The van der Waals surface area contributed by atoms with Crippen molar-refractivity contribution in [3.63, 3.8) is 0 Å². The Kier molecular flexibility index (Phi) is 3.07. The maximum Gasteiger partial charge on any atom is 0.244 e. The van der Waals surface area contributed by atoms with E-state index >= 15 is 0 Å². The number of nitrogen functional groups attached to an aromatic ring is 1. The quantitative estimate of drug-likeness (QED) is 0.786. The van der Waals surface area contributed by atoms with E-state index in [1.54, 1.807) is 4.90 Å². The van der Waals surface area contributed by atoms with Crippen LogP contribution in [0.4, 0.5) is 5.95 Å². The molecule has 1 aliphatic rings. The molecule has 0 radical (unpaired) electrons. The molecule has 1 fully saturated rings. The van der Waals surface area contributed by atoms with Gasteiger partial charge in [-0.3, -0.25) is 4.79 Å². The summed E-state index contributed by atoms with van der Waals surface area (Å²) in [5, 5.41) is 3.88. The summed E-state index contributed by atoms with van der Waals surface area (Å²) < 4.78 is 1.47. The van der Waals surface area contributed by atoms with E-state index in [-0.39, 0.29) is 18.4 Å². The summed E-state index contributed by atoms with van der Waals surface area (Å²) in [5.41, 5.74) is 5.37. The maximum atomic E-state index is 11.8. The Bertz CT molecular complexity index is 371. The minimum absolute atomic E-state index is 0.0526. The van der Waals surface area contributed by atoms with E-state index in [9.17, 15) is 4.79 Å². The molecule has 6 heteroatoms. The van der Waals surface area contributed by atoms with Gasteiger partial charge in [-0.1, -0.05) is 6.42 Å². The van der Waals surface area contributed by atoms with Gasteiger partial charge >= 0.3 is 0 Å². The topological polar surface area (TPSA) is 77.0 Å². The standard InChI is InChI=1S/C10H17N5O/c1-14(5-8-3-2-4-8)9(16)6-15-7-12-10(11)13-15/h7-8H,2-6H2,1H3,(H2,11,13). The minimum Gasteiger partial charge on any atom is -0.367 e. The molecule has 1 aromatic heterocycles. The molecule has 0 unspecified atom stereocenters. The van der Waals surface area contributed by atoms with E-state index in [1.807, 2.05) is 7.05 Å². The number of anilines is 1. The van der Waals surface area contributed by atoms with Gasteiger partial charge in [0.25, 0.3) is 0 Å². The van der Waals surface area contributed by atoms with Gasteiger partial charge in [-0.05, 0) is 18.8 Å². The molecular weight excluding hydrogens is 206 g/mol. The van der Waals surface area contributed by atoms with Crippen LogP contribution in [0.1, 0.15) is 19.3 Å². The van der Waals surface area contributed by atoms with Crippen molar-refractivity contribution in [2.45, 2.75) is 25.8 Å². The van der Waals surface area contributed by atoms with E-state index in [4.69, 9.17) is 5.73 Å². The highest BCUT2D eigenvalue weighted by molar-refractivity contribution is 5.75. The number of hydrogen-bond donors (Lipinski definition) is 1. The molecule has 0 bridgehead atoms. The molecule has 0 saturated heterocycles. The van der Waals surface area contributed by atoms with Crippen LogP contribution < -0.4 is 5.73 Å². The van der Waals surface area contributed by atoms with Gasteiger partial charge in [-0.15, -0.1) is 5.10 Å². The number of carbonyl (C=O) groups excluding carboxylic acids is 1. The van der Waals surface area contributed by atoms with Crippen LogP contribution in [-0.2, 0) is 11.3 Å². The van der Waals surface area contributed by atoms with Gasteiger partial charge in [0.05, 0.1) is 0 Å². The van der Waals surface area contributed by atoms with Gasteiger partial charge in [0, 0.05) is 13.6 Å². The third-order valence-electron chi connectivity index (χ3n) is 3.03. The SMILES string of the molecule is CN(CC1CCC1)C(=O)Cn1cnc(N)n1. The summed E-state index contributed by atoms with van der Waals surface area (Å²) in [6.45, 7) is 1.07. The number of nitrogens with two attached hydrogens (primary N) is 1. The number of rotatable bonds is 4. The fourth-order valence-corrected chi connectivity index (χ4v) is 1.81. The van der Waals surface area contributed by atoms with Crippen LogP contribution in [0.5, 0.6) is 0 Å². The molecule has 6 nitrogen and oxygen atoms in total. The smallest absolute Gasteiger partial charge is 0.244 e. The highest BCUT2D eigenvalue weighted by atomic mass is 16.2. The number of hydrogen-bond acceptors (Lipinski definition) is 4. The molecule has 1 aromatic rings. The second-order valence-electron chi connectivity index (χ2n) is 4.37. The van der Waals surface area contributed by atoms with Gasteiger partial charge < -0.3 is 10.6 Å². The Labute approximate surface area is 94.4 Å². The largest absolute Gasteiger partial charge is 0.367 e. The lowest BCUT2D eigenvalue weighted by molar-refractivity contribution is -0.131. The Morgan fingerprint density at radius 3 is 2.94 bits per heavy atom. The zero-order valence-corrected chi connectivity index (χ0v) is 9.46. The van der Waals surface area contributed by atoms with Gasteiger partial charge in [-0.25, -0.2) is 9.67 Å². The summed E-state index contributed by atoms with van der Waals surface area (Å²) in [7, 11) is 1.83. The first-order valence-electron chi connectivity index (χ1n) is 5.54. The zero-order valence-electron chi connectivity index (χ0n) is 9.46. The van der Waals surface area contributed by atoms with Crippen molar-refractivity contribution in [1.29, 1.82) is 0 Å². The minimum atomic E-state index is 0.0526. The van der Waals surface area contributed by atoms with Crippen molar-refractivity contribution in [2.24, 2.45) is 5.92 Å². The van der Waals surface area contributed by atoms with Crippen LogP contribution in [-0.4, -0.2) is 39.2 Å². The van der Waals surface area contributed by atoms with E-state index < -0.39 is 0 Å². The third kappa shape index (κ3) is 2.50. The second kappa shape index (κ2) is 4.51. The van der Waals surface area contributed by atoms with E-state index in [0.717, 1.165) is 6.54 Å². The lowest BCUT2D eigenvalue weighted by Crippen LogP contribution is -2.36. The number of nitrogens with zero attached hydrogens (tertiary/aromatic N) is 4. The van der Waals surface area contributed by atoms with Crippen molar-refractivity contribution in [1.82, 2.24) is 19.7 Å². The van der Waals surface area contributed by atoms with Crippen LogP contribution in [0, 0.1) is 5.92 Å². The molecule has 88 valence electrons. The highest BCUT2D eigenvalue weighted by Gasteiger charge is 2.21. The fraction of sp³-hybridized carbons (Fsp3) is 0.700.